The average Bonchev–Trinajstić information content (AvgIpc) is 3.50. The second kappa shape index (κ2) is 13.9. The van der Waals surface area contributed by atoms with Crippen molar-refractivity contribution in [1.29, 1.82) is 0 Å². The number of aromatic carboxylic acids is 1. The van der Waals surface area contributed by atoms with Crippen LogP contribution in [0.2, 0.25) is 23.2 Å². The van der Waals surface area contributed by atoms with Crippen LogP contribution in [0.1, 0.15) is 74.8 Å². The highest BCUT2D eigenvalue weighted by Gasteiger charge is 2.39. The molecule has 0 fully saturated rings. The molecule has 4 aromatic rings. The number of aliphatic hydroxyl groups excluding tert-OH is 1. The molecule has 1 amide bonds. The quantitative estimate of drug-likeness (QED) is 0.144. The SMILES string of the molecule is Cc1c(C(C)(C)CC(=O)N(c2ccc(O[Si](C)(C)C(C)(C)C)cc2)c2cnn(C)c2CCCO)cc(-c2cc(Cl)ccc2C(=O)O)n1C. The molecule has 258 valence electrons. The number of anilines is 2. The van der Waals surface area contributed by atoms with Gasteiger partial charge in [-0.25, -0.2) is 4.79 Å². The summed E-state index contributed by atoms with van der Waals surface area (Å²) in [6.07, 6.45) is 2.94. The standard InChI is InChI=1S/C37H49ClN4O5Si/c1-24-30(21-32(40(24)7)29-20-25(38)13-18-28(29)35(45)46)37(5,6)22-34(44)42(33-23-39-41(8)31(33)12-11-19-43)26-14-16-27(17-15-26)47-48(9,10)36(2,3)4/h13-18,20-21,23,43H,11-12,19,22H2,1-10H3,(H,45,46). The van der Waals surface area contributed by atoms with Crippen LogP contribution in [0, 0.1) is 6.92 Å². The first kappa shape index (κ1) is 37.0. The number of carboxylic acids is 1. The number of aryl methyl sites for hydroxylation is 1. The van der Waals surface area contributed by atoms with E-state index in [0.717, 1.165) is 22.7 Å². The van der Waals surface area contributed by atoms with Crippen LogP contribution in [0.4, 0.5) is 11.4 Å². The molecule has 0 aliphatic heterocycles. The first-order valence-electron chi connectivity index (χ1n) is 16.2. The number of amides is 1. The Kier molecular flexibility index (Phi) is 10.7. The average molecular weight is 693 g/mol. The maximum absolute atomic E-state index is 14.6. The summed E-state index contributed by atoms with van der Waals surface area (Å²) in [5.74, 6) is -0.407. The van der Waals surface area contributed by atoms with E-state index in [9.17, 15) is 19.8 Å². The number of carboxylic acid groups (broad SMARTS) is 1. The zero-order valence-corrected chi connectivity index (χ0v) is 31.6. The van der Waals surface area contributed by atoms with Gasteiger partial charge >= 0.3 is 5.97 Å². The number of aromatic nitrogens is 3. The third-order valence-corrected chi connectivity index (χ3v) is 14.3. The first-order valence-corrected chi connectivity index (χ1v) is 19.5. The van der Waals surface area contributed by atoms with E-state index >= 15 is 0 Å². The lowest BCUT2D eigenvalue weighted by Crippen LogP contribution is -2.43. The van der Waals surface area contributed by atoms with Crippen LogP contribution < -0.4 is 9.33 Å². The van der Waals surface area contributed by atoms with Gasteiger partial charge in [0.25, 0.3) is 0 Å². The van der Waals surface area contributed by atoms with Gasteiger partial charge < -0.3 is 19.2 Å². The van der Waals surface area contributed by atoms with E-state index in [4.69, 9.17) is 16.0 Å². The molecule has 2 heterocycles. The summed E-state index contributed by atoms with van der Waals surface area (Å²) in [6.45, 7) is 17.0. The number of nitrogens with zero attached hydrogens (tertiary/aromatic N) is 4. The van der Waals surface area contributed by atoms with Crippen LogP contribution in [0.5, 0.6) is 5.75 Å². The van der Waals surface area contributed by atoms with Crippen molar-refractivity contribution in [3.63, 3.8) is 0 Å². The summed E-state index contributed by atoms with van der Waals surface area (Å²) >= 11 is 6.31. The van der Waals surface area contributed by atoms with Gasteiger partial charge in [0.2, 0.25) is 14.2 Å². The Morgan fingerprint density at radius 2 is 1.67 bits per heavy atom. The first-order chi connectivity index (χ1) is 22.3. The van der Waals surface area contributed by atoms with Crippen LogP contribution in [0.3, 0.4) is 0 Å². The van der Waals surface area contributed by atoms with Crippen molar-refractivity contribution in [2.75, 3.05) is 11.5 Å². The molecule has 0 aliphatic carbocycles. The Hall–Kier alpha value is -3.86. The van der Waals surface area contributed by atoms with E-state index in [-0.39, 0.29) is 29.5 Å². The number of hydrogen-bond donors (Lipinski definition) is 2. The molecule has 2 aromatic heterocycles. The minimum atomic E-state index is -2.07. The molecule has 9 nitrogen and oxygen atoms in total. The third kappa shape index (κ3) is 7.56. The summed E-state index contributed by atoms with van der Waals surface area (Å²) < 4.78 is 10.2. The van der Waals surface area contributed by atoms with Crippen LogP contribution in [0.15, 0.2) is 54.7 Å². The Labute approximate surface area is 290 Å². The Morgan fingerprint density at radius 1 is 1.02 bits per heavy atom. The molecule has 2 N–H and O–H groups in total. The lowest BCUT2D eigenvalue weighted by atomic mass is 9.80. The molecule has 0 saturated heterocycles. The fourth-order valence-electron chi connectivity index (χ4n) is 5.81. The molecule has 0 aliphatic rings. The summed E-state index contributed by atoms with van der Waals surface area (Å²) in [4.78, 5) is 28.4. The number of carbonyl (C=O) groups excluding carboxylic acids is 1. The highest BCUT2D eigenvalue weighted by Crippen LogP contribution is 2.41. The molecule has 0 spiro atoms. The summed E-state index contributed by atoms with van der Waals surface area (Å²) in [7, 11) is 1.66. The molecule has 0 radical (unpaired) electrons. The van der Waals surface area contributed by atoms with E-state index in [0.29, 0.717) is 40.5 Å². The van der Waals surface area contributed by atoms with Crippen molar-refractivity contribution in [1.82, 2.24) is 14.3 Å². The van der Waals surface area contributed by atoms with E-state index in [1.54, 1.807) is 27.9 Å². The smallest absolute Gasteiger partial charge is 0.336 e. The second-order valence-electron chi connectivity index (χ2n) is 14.7. The molecule has 48 heavy (non-hydrogen) atoms. The van der Waals surface area contributed by atoms with Crippen molar-refractivity contribution in [2.45, 2.75) is 84.4 Å². The summed E-state index contributed by atoms with van der Waals surface area (Å²) in [5.41, 5.74) is 4.77. The molecule has 0 unspecified atom stereocenters. The highest BCUT2D eigenvalue weighted by atomic mass is 35.5. The summed E-state index contributed by atoms with van der Waals surface area (Å²) in [5, 5.41) is 24.5. The van der Waals surface area contributed by atoms with Gasteiger partial charge in [-0.2, -0.15) is 5.10 Å². The number of carbonyl (C=O) groups is 2. The van der Waals surface area contributed by atoms with Gasteiger partial charge in [-0.05, 0) is 92.0 Å². The Morgan fingerprint density at radius 3 is 2.25 bits per heavy atom. The Bertz CT molecular complexity index is 1800. The summed E-state index contributed by atoms with van der Waals surface area (Å²) in [6, 6.07) is 14.4. The predicted octanol–water partition coefficient (Wildman–Crippen LogP) is 8.43. The van der Waals surface area contributed by atoms with Crippen LogP contribution in [0.25, 0.3) is 11.3 Å². The van der Waals surface area contributed by atoms with Crippen LogP contribution >= 0.6 is 11.6 Å². The zero-order valence-electron chi connectivity index (χ0n) is 29.8. The van der Waals surface area contributed by atoms with Crippen molar-refractivity contribution >= 4 is 43.2 Å². The maximum atomic E-state index is 14.6. The normalized spacial score (nSPS) is 12.3. The predicted molar refractivity (Wildman–Crippen MR) is 195 cm³/mol. The third-order valence-electron chi connectivity index (χ3n) is 9.72. The van der Waals surface area contributed by atoms with Gasteiger partial charge in [0.15, 0.2) is 0 Å². The fraction of sp³-hybridized carbons (Fsp3) is 0.432. The molecule has 0 bridgehead atoms. The van der Waals surface area contributed by atoms with Crippen LogP contribution in [-0.2, 0) is 30.7 Å². The van der Waals surface area contributed by atoms with E-state index in [1.165, 1.54) is 6.07 Å². The van der Waals surface area contributed by atoms with Crippen molar-refractivity contribution in [3.8, 4) is 17.0 Å². The number of hydrogen-bond acceptors (Lipinski definition) is 5. The highest BCUT2D eigenvalue weighted by molar-refractivity contribution is 6.74. The zero-order chi connectivity index (χ0) is 35.8. The van der Waals surface area contributed by atoms with Crippen molar-refractivity contribution < 1.29 is 24.2 Å². The fourth-order valence-corrected chi connectivity index (χ4v) is 7.02. The number of halogens is 1. The second-order valence-corrected chi connectivity index (χ2v) is 19.8. The number of rotatable bonds is 12. The van der Waals surface area contributed by atoms with E-state index in [1.807, 2.05) is 69.8 Å². The minimum Gasteiger partial charge on any atom is -0.544 e. The number of aliphatic hydroxyl groups is 1. The minimum absolute atomic E-state index is 0.0247. The Balaban J connectivity index is 1.76. The topological polar surface area (TPSA) is 110 Å². The molecule has 4 rings (SSSR count). The molecule has 0 atom stereocenters. The van der Waals surface area contributed by atoms with Gasteiger partial charge in [-0.3, -0.25) is 14.4 Å². The van der Waals surface area contributed by atoms with Gasteiger partial charge in [-0.1, -0.05) is 46.2 Å². The van der Waals surface area contributed by atoms with Gasteiger partial charge in [0.05, 0.1) is 23.1 Å². The van der Waals surface area contributed by atoms with Gasteiger partial charge in [-0.15, -0.1) is 0 Å². The largest absolute Gasteiger partial charge is 0.544 e. The molecule has 11 heteroatoms. The molecular formula is C37H49ClN4O5Si. The monoisotopic (exact) mass is 692 g/mol. The van der Waals surface area contributed by atoms with Crippen LogP contribution in [-0.4, -0.2) is 51.4 Å². The van der Waals surface area contributed by atoms with Crippen molar-refractivity contribution in [2.24, 2.45) is 14.1 Å². The molecular weight excluding hydrogens is 644 g/mol. The molecule has 2 aromatic carbocycles. The van der Waals surface area contributed by atoms with Crippen molar-refractivity contribution in [3.05, 3.63) is 82.3 Å². The number of benzene rings is 2. The van der Waals surface area contributed by atoms with Gasteiger partial charge in [0, 0.05) is 60.2 Å². The van der Waals surface area contributed by atoms with E-state index in [2.05, 4.69) is 39.0 Å². The maximum Gasteiger partial charge on any atom is 0.336 e. The lowest BCUT2D eigenvalue weighted by Gasteiger charge is -2.36. The lowest BCUT2D eigenvalue weighted by molar-refractivity contribution is -0.118. The molecule has 0 saturated carbocycles. The van der Waals surface area contributed by atoms with E-state index < -0.39 is 19.7 Å². The van der Waals surface area contributed by atoms with Gasteiger partial charge in [0.1, 0.15) is 5.75 Å².